The van der Waals surface area contributed by atoms with Crippen LogP contribution in [0.3, 0.4) is 0 Å². The SMILES string of the molecule is COCCN(Cc1cccc(N)c1C(=O)O)C(C)C1CC1. The highest BCUT2D eigenvalue weighted by Gasteiger charge is 2.32. The molecule has 0 heterocycles. The Labute approximate surface area is 125 Å². The van der Waals surface area contributed by atoms with E-state index in [1.165, 1.54) is 12.8 Å². The number of benzene rings is 1. The van der Waals surface area contributed by atoms with E-state index in [0.29, 0.717) is 24.9 Å². The molecule has 0 saturated heterocycles. The number of carboxylic acid groups (broad SMARTS) is 1. The van der Waals surface area contributed by atoms with Crippen LogP contribution in [0, 0.1) is 5.92 Å². The Kier molecular flexibility index (Phi) is 5.20. The number of carbonyl (C=O) groups is 1. The minimum atomic E-state index is -0.964. The van der Waals surface area contributed by atoms with Crippen molar-refractivity contribution in [1.82, 2.24) is 4.90 Å². The third-order valence-corrected chi connectivity index (χ3v) is 4.23. The number of hydrogen-bond acceptors (Lipinski definition) is 4. The summed E-state index contributed by atoms with van der Waals surface area (Å²) in [5.74, 6) is -0.245. The van der Waals surface area contributed by atoms with E-state index in [0.717, 1.165) is 18.0 Å². The van der Waals surface area contributed by atoms with Gasteiger partial charge in [-0.25, -0.2) is 4.79 Å². The molecule has 0 amide bonds. The van der Waals surface area contributed by atoms with Crippen LogP contribution < -0.4 is 5.73 Å². The van der Waals surface area contributed by atoms with Crippen LogP contribution >= 0.6 is 0 Å². The zero-order valence-electron chi connectivity index (χ0n) is 12.7. The largest absolute Gasteiger partial charge is 0.478 e. The van der Waals surface area contributed by atoms with Gasteiger partial charge in [-0.1, -0.05) is 12.1 Å². The fourth-order valence-electron chi connectivity index (χ4n) is 2.74. The van der Waals surface area contributed by atoms with Crippen LogP contribution in [0.5, 0.6) is 0 Å². The van der Waals surface area contributed by atoms with Crippen molar-refractivity contribution in [3.05, 3.63) is 29.3 Å². The van der Waals surface area contributed by atoms with Crippen LogP contribution in [0.2, 0.25) is 0 Å². The molecule has 1 atom stereocenters. The van der Waals surface area contributed by atoms with E-state index in [1.54, 1.807) is 13.2 Å². The third kappa shape index (κ3) is 3.95. The minimum Gasteiger partial charge on any atom is -0.478 e. The fraction of sp³-hybridized carbons (Fsp3) is 0.562. The van der Waals surface area contributed by atoms with Gasteiger partial charge in [-0.05, 0) is 37.3 Å². The number of ether oxygens (including phenoxy) is 1. The first kappa shape index (κ1) is 15.8. The lowest BCUT2D eigenvalue weighted by Crippen LogP contribution is -2.37. The Bertz CT molecular complexity index is 500. The highest BCUT2D eigenvalue weighted by Crippen LogP contribution is 2.35. The summed E-state index contributed by atoms with van der Waals surface area (Å²) < 4.78 is 5.18. The molecule has 21 heavy (non-hydrogen) atoms. The zero-order chi connectivity index (χ0) is 15.4. The Hall–Kier alpha value is -1.59. The van der Waals surface area contributed by atoms with Crippen LogP contribution in [-0.4, -0.2) is 42.3 Å². The van der Waals surface area contributed by atoms with Crippen molar-refractivity contribution in [1.29, 1.82) is 0 Å². The van der Waals surface area contributed by atoms with E-state index in [9.17, 15) is 9.90 Å². The van der Waals surface area contributed by atoms with Gasteiger partial charge in [0.1, 0.15) is 0 Å². The second-order valence-electron chi connectivity index (χ2n) is 5.73. The number of nitrogens with zero attached hydrogens (tertiary/aromatic N) is 1. The molecule has 0 spiro atoms. The van der Waals surface area contributed by atoms with Crippen molar-refractivity contribution in [3.8, 4) is 0 Å². The molecule has 2 rings (SSSR count). The number of methoxy groups -OCH3 is 1. The van der Waals surface area contributed by atoms with E-state index >= 15 is 0 Å². The number of aromatic carboxylic acids is 1. The van der Waals surface area contributed by atoms with E-state index in [-0.39, 0.29) is 5.56 Å². The maximum atomic E-state index is 11.4. The Morgan fingerprint density at radius 2 is 2.24 bits per heavy atom. The van der Waals surface area contributed by atoms with Gasteiger partial charge < -0.3 is 15.6 Å². The highest BCUT2D eigenvalue weighted by atomic mass is 16.5. The second-order valence-corrected chi connectivity index (χ2v) is 5.73. The van der Waals surface area contributed by atoms with Gasteiger partial charge in [0.15, 0.2) is 0 Å². The molecule has 3 N–H and O–H groups in total. The molecular weight excluding hydrogens is 268 g/mol. The first-order chi connectivity index (χ1) is 10.0. The monoisotopic (exact) mass is 292 g/mol. The summed E-state index contributed by atoms with van der Waals surface area (Å²) in [6.07, 6.45) is 2.51. The number of carboxylic acids is 1. The quantitative estimate of drug-likeness (QED) is 0.718. The van der Waals surface area contributed by atoms with Crippen molar-refractivity contribution < 1.29 is 14.6 Å². The molecule has 1 unspecified atom stereocenters. The third-order valence-electron chi connectivity index (χ3n) is 4.23. The molecule has 1 aliphatic rings. The maximum absolute atomic E-state index is 11.4. The standard InChI is InChI=1S/C16H24N2O3/c1-11(12-6-7-12)18(8-9-21-2)10-13-4-3-5-14(17)15(13)16(19)20/h3-5,11-12H,6-10,17H2,1-2H3,(H,19,20). The summed E-state index contributed by atoms with van der Waals surface area (Å²) in [4.78, 5) is 13.7. The van der Waals surface area contributed by atoms with Gasteiger partial charge in [0, 0.05) is 31.9 Å². The van der Waals surface area contributed by atoms with Crippen LogP contribution in [-0.2, 0) is 11.3 Å². The molecule has 0 aromatic heterocycles. The molecule has 5 heteroatoms. The van der Waals surface area contributed by atoms with Crippen molar-refractivity contribution in [2.45, 2.75) is 32.4 Å². The summed E-state index contributed by atoms with van der Waals surface area (Å²) >= 11 is 0. The Morgan fingerprint density at radius 1 is 1.52 bits per heavy atom. The fourth-order valence-corrected chi connectivity index (χ4v) is 2.74. The molecule has 0 bridgehead atoms. The van der Waals surface area contributed by atoms with Gasteiger partial charge in [0.05, 0.1) is 12.2 Å². The predicted octanol–water partition coefficient (Wildman–Crippen LogP) is 2.21. The first-order valence-corrected chi connectivity index (χ1v) is 7.38. The minimum absolute atomic E-state index is 0.225. The molecule has 1 fully saturated rings. The molecule has 1 saturated carbocycles. The van der Waals surface area contributed by atoms with Crippen LogP contribution in [0.15, 0.2) is 18.2 Å². The Balaban J connectivity index is 2.19. The van der Waals surface area contributed by atoms with Crippen molar-refractivity contribution in [2.75, 3.05) is 26.0 Å². The number of hydrogen-bond donors (Lipinski definition) is 2. The average molecular weight is 292 g/mol. The van der Waals surface area contributed by atoms with Crippen LogP contribution in [0.25, 0.3) is 0 Å². The number of anilines is 1. The zero-order valence-corrected chi connectivity index (χ0v) is 12.7. The number of nitrogen functional groups attached to an aromatic ring is 1. The van der Waals surface area contributed by atoms with Crippen LogP contribution in [0.1, 0.15) is 35.7 Å². The van der Waals surface area contributed by atoms with E-state index < -0.39 is 5.97 Å². The molecule has 0 radical (unpaired) electrons. The molecule has 5 nitrogen and oxygen atoms in total. The van der Waals surface area contributed by atoms with E-state index in [4.69, 9.17) is 10.5 Å². The van der Waals surface area contributed by atoms with Crippen LogP contribution in [0.4, 0.5) is 5.69 Å². The van der Waals surface area contributed by atoms with Crippen molar-refractivity contribution in [2.24, 2.45) is 5.92 Å². The molecule has 1 aromatic carbocycles. The maximum Gasteiger partial charge on any atom is 0.338 e. The van der Waals surface area contributed by atoms with Crippen molar-refractivity contribution in [3.63, 3.8) is 0 Å². The predicted molar refractivity (Wildman–Crippen MR) is 82.3 cm³/mol. The van der Waals surface area contributed by atoms with Gasteiger partial charge in [-0.3, -0.25) is 4.90 Å². The van der Waals surface area contributed by atoms with Gasteiger partial charge >= 0.3 is 5.97 Å². The highest BCUT2D eigenvalue weighted by molar-refractivity contribution is 5.95. The normalized spacial score (nSPS) is 16.1. The molecule has 116 valence electrons. The van der Waals surface area contributed by atoms with E-state index in [1.807, 2.05) is 12.1 Å². The first-order valence-electron chi connectivity index (χ1n) is 7.38. The summed E-state index contributed by atoms with van der Waals surface area (Å²) in [6.45, 7) is 4.23. The number of rotatable bonds is 8. The van der Waals surface area contributed by atoms with Gasteiger partial charge in [-0.15, -0.1) is 0 Å². The summed E-state index contributed by atoms with van der Waals surface area (Å²) in [5.41, 5.74) is 7.14. The smallest absolute Gasteiger partial charge is 0.338 e. The Morgan fingerprint density at radius 3 is 2.81 bits per heavy atom. The topological polar surface area (TPSA) is 75.8 Å². The lowest BCUT2D eigenvalue weighted by atomic mass is 10.0. The lowest BCUT2D eigenvalue weighted by Gasteiger charge is -2.29. The van der Waals surface area contributed by atoms with Crippen molar-refractivity contribution >= 4 is 11.7 Å². The average Bonchev–Trinajstić information content (AvgIpc) is 3.26. The molecule has 1 aromatic rings. The molecule has 0 aliphatic heterocycles. The molecule has 1 aliphatic carbocycles. The van der Waals surface area contributed by atoms with Gasteiger partial charge in [-0.2, -0.15) is 0 Å². The number of nitrogens with two attached hydrogens (primary N) is 1. The summed E-state index contributed by atoms with van der Waals surface area (Å²) in [6, 6.07) is 5.73. The second kappa shape index (κ2) is 6.91. The summed E-state index contributed by atoms with van der Waals surface area (Å²) in [5, 5.41) is 9.37. The van der Waals surface area contributed by atoms with Gasteiger partial charge in [0.2, 0.25) is 0 Å². The van der Waals surface area contributed by atoms with E-state index in [2.05, 4.69) is 11.8 Å². The van der Waals surface area contributed by atoms with Gasteiger partial charge in [0.25, 0.3) is 0 Å². The summed E-state index contributed by atoms with van der Waals surface area (Å²) in [7, 11) is 1.68. The molecular formula is C16H24N2O3. The lowest BCUT2D eigenvalue weighted by molar-refractivity contribution is 0.0693.